The van der Waals surface area contributed by atoms with Gasteiger partial charge in [-0.15, -0.1) is 6.58 Å². The quantitative estimate of drug-likeness (QED) is 0.569. The highest BCUT2D eigenvalue weighted by Gasteiger charge is 1.91. The summed E-state index contributed by atoms with van der Waals surface area (Å²) >= 11 is 0. The van der Waals surface area contributed by atoms with Crippen LogP contribution < -0.4 is 5.73 Å². The zero-order chi connectivity index (χ0) is 6.69. The molecule has 0 amide bonds. The van der Waals surface area contributed by atoms with Gasteiger partial charge in [0.05, 0.1) is 0 Å². The molecule has 9 heavy (non-hydrogen) atoms. The molecule has 0 saturated carbocycles. The lowest BCUT2D eigenvalue weighted by Gasteiger charge is -1.82. The number of nitrogens with zero attached hydrogens (tertiary/aromatic N) is 1. The van der Waals surface area contributed by atoms with Crippen LogP contribution in [0.25, 0.3) is 0 Å². The fraction of sp³-hybridized carbons (Fsp3) is 0.167. The molecule has 3 nitrogen and oxygen atoms in total. The lowest BCUT2D eigenvalue weighted by Crippen LogP contribution is -1.81. The van der Waals surface area contributed by atoms with Crippen LogP contribution >= 0.6 is 0 Å². The van der Waals surface area contributed by atoms with E-state index in [-0.39, 0.29) is 0 Å². The second-order valence-electron chi connectivity index (χ2n) is 1.81. The lowest BCUT2D eigenvalue weighted by atomic mass is 10.3. The molecule has 1 heterocycles. The normalized spacial score (nSPS) is 9.33. The summed E-state index contributed by atoms with van der Waals surface area (Å²) in [4.78, 5) is 0. The second-order valence-corrected chi connectivity index (χ2v) is 1.81. The van der Waals surface area contributed by atoms with Gasteiger partial charge in [-0.2, -0.15) is 5.10 Å². The average molecular weight is 123 g/mol. The Morgan fingerprint density at radius 1 is 1.89 bits per heavy atom. The van der Waals surface area contributed by atoms with E-state index in [1.54, 1.807) is 12.1 Å². The third kappa shape index (κ3) is 1.32. The minimum absolute atomic E-state index is 0.534. The SMILES string of the molecule is C=CCc1cc(N)n[nH]1. The van der Waals surface area contributed by atoms with Crippen molar-refractivity contribution in [2.75, 3.05) is 5.73 Å². The van der Waals surface area contributed by atoms with Gasteiger partial charge in [-0.05, 0) is 0 Å². The van der Waals surface area contributed by atoms with E-state index < -0.39 is 0 Å². The topological polar surface area (TPSA) is 54.7 Å². The van der Waals surface area contributed by atoms with Crippen LogP contribution in [0.5, 0.6) is 0 Å². The number of nitrogens with one attached hydrogen (secondary N) is 1. The number of nitrogens with two attached hydrogens (primary N) is 1. The van der Waals surface area contributed by atoms with Crippen molar-refractivity contribution in [1.82, 2.24) is 10.2 Å². The smallest absolute Gasteiger partial charge is 0.145 e. The van der Waals surface area contributed by atoms with Gasteiger partial charge in [0.2, 0.25) is 0 Å². The molecule has 1 aromatic heterocycles. The van der Waals surface area contributed by atoms with Crippen molar-refractivity contribution in [1.29, 1.82) is 0 Å². The molecule has 0 radical (unpaired) electrons. The van der Waals surface area contributed by atoms with Crippen LogP contribution in [0.2, 0.25) is 0 Å². The lowest BCUT2D eigenvalue weighted by molar-refractivity contribution is 1.02. The van der Waals surface area contributed by atoms with Crippen LogP contribution in [-0.2, 0) is 6.42 Å². The first-order valence-electron chi connectivity index (χ1n) is 2.73. The van der Waals surface area contributed by atoms with E-state index in [0.717, 1.165) is 12.1 Å². The van der Waals surface area contributed by atoms with Gasteiger partial charge in [0.1, 0.15) is 5.82 Å². The van der Waals surface area contributed by atoms with Crippen LogP contribution in [0.1, 0.15) is 5.69 Å². The molecular formula is C6H9N3. The average Bonchev–Trinajstić information content (AvgIpc) is 2.17. The molecule has 0 spiro atoms. The molecule has 0 aromatic carbocycles. The molecular weight excluding hydrogens is 114 g/mol. The highest BCUT2D eigenvalue weighted by molar-refractivity contribution is 5.28. The summed E-state index contributed by atoms with van der Waals surface area (Å²) in [6.07, 6.45) is 2.59. The van der Waals surface area contributed by atoms with E-state index in [0.29, 0.717) is 5.82 Å². The number of anilines is 1. The summed E-state index contributed by atoms with van der Waals surface area (Å²) in [5, 5.41) is 6.50. The summed E-state index contributed by atoms with van der Waals surface area (Å²) < 4.78 is 0. The number of allylic oxidation sites excluding steroid dienone is 1. The van der Waals surface area contributed by atoms with Gasteiger partial charge < -0.3 is 5.73 Å². The first-order chi connectivity index (χ1) is 4.33. The molecule has 3 N–H and O–H groups in total. The Morgan fingerprint density at radius 3 is 3.11 bits per heavy atom. The predicted molar refractivity (Wildman–Crippen MR) is 36.9 cm³/mol. The maximum atomic E-state index is 5.33. The number of rotatable bonds is 2. The van der Waals surface area contributed by atoms with Crippen LogP contribution in [0.3, 0.4) is 0 Å². The molecule has 3 heteroatoms. The summed E-state index contributed by atoms with van der Waals surface area (Å²) in [5.74, 6) is 0.534. The molecule has 48 valence electrons. The van der Waals surface area contributed by atoms with Crippen molar-refractivity contribution in [2.45, 2.75) is 6.42 Å². The van der Waals surface area contributed by atoms with Gasteiger partial charge in [0.25, 0.3) is 0 Å². The zero-order valence-corrected chi connectivity index (χ0v) is 5.09. The minimum atomic E-state index is 0.534. The maximum Gasteiger partial charge on any atom is 0.145 e. The number of aromatic amines is 1. The van der Waals surface area contributed by atoms with E-state index in [2.05, 4.69) is 16.8 Å². The zero-order valence-electron chi connectivity index (χ0n) is 5.09. The van der Waals surface area contributed by atoms with E-state index in [9.17, 15) is 0 Å². The van der Waals surface area contributed by atoms with Crippen LogP contribution in [0.4, 0.5) is 5.82 Å². The Labute approximate surface area is 53.6 Å². The predicted octanol–water partition coefficient (Wildman–Crippen LogP) is 0.720. The van der Waals surface area contributed by atoms with E-state index in [1.165, 1.54) is 0 Å². The molecule has 0 fully saturated rings. The first kappa shape index (κ1) is 5.88. The Kier molecular flexibility index (Phi) is 1.53. The summed E-state index contributed by atoms with van der Waals surface area (Å²) in [6, 6.07) is 1.79. The fourth-order valence-electron chi connectivity index (χ4n) is 0.639. The Balaban J connectivity index is 2.72. The third-order valence-corrected chi connectivity index (χ3v) is 1.01. The van der Waals surface area contributed by atoms with Crippen molar-refractivity contribution < 1.29 is 0 Å². The molecule has 0 saturated heterocycles. The molecule has 0 atom stereocenters. The number of nitrogen functional groups attached to an aromatic ring is 1. The number of hydrogen-bond donors (Lipinski definition) is 2. The minimum Gasteiger partial charge on any atom is -0.382 e. The molecule has 1 aromatic rings. The highest BCUT2D eigenvalue weighted by atomic mass is 15.1. The highest BCUT2D eigenvalue weighted by Crippen LogP contribution is 2.00. The van der Waals surface area contributed by atoms with Gasteiger partial charge in [-0.1, -0.05) is 6.08 Å². The van der Waals surface area contributed by atoms with Gasteiger partial charge in [0.15, 0.2) is 0 Å². The van der Waals surface area contributed by atoms with E-state index in [4.69, 9.17) is 5.73 Å². The fourth-order valence-corrected chi connectivity index (χ4v) is 0.639. The van der Waals surface area contributed by atoms with E-state index >= 15 is 0 Å². The molecule has 0 bridgehead atoms. The first-order valence-corrected chi connectivity index (χ1v) is 2.73. The maximum absolute atomic E-state index is 5.33. The van der Waals surface area contributed by atoms with Crippen LogP contribution in [0, 0.1) is 0 Å². The van der Waals surface area contributed by atoms with Gasteiger partial charge in [-0.25, -0.2) is 0 Å². The molecule has 0 unspecified atom stereocenters. The molecule has 0 aliphatic heterocycles. The number of aromatic nitrogens is 2. The van der Waals surface area contributed by atoms with Gasteiger partial charge >= 0.3 is 0 Å². The van der Waals surface area contributed by atoms with Crippen molar-refractivity contribution in [2.24, 2.45) is 0 Å². The van der Waals surface area contributed by atoms with Crippen molar-refractivity contribution in [3.05, 3.63) is 24.4 Å². The Morgan fingerprint density at radius 2 is 2.67 bits per heavy atom. The monoisotopic (exact) mass is 123 g/mol. The Bertz CT molecular complexity index is 202. The van der Waals surface area contributed by atoms with Crippen molar-refractivity contribution in [3.8, 4) is 0 Å². The largest absolute Gasteiger partial charge is 0.382 e. The van der Waals surface area contributed by atoms with Crippen LogP contribution in [0.15, 0.2) is 18.7 Å². The number of H-pyrrole nitrogens is 1. The summed E-state index contributed by atoms with van der Waals surface area (Å²) in [6.45, 7) is 3.58. The second kappa shape index (κ2) is 2.35. The molecule has 0 aliphatic rings. The molecule has 1 rings (SSSR count). The summed E-state index contributed by atoms with van der Waals surface area (Å²) in [5.41, 5.74) is 6.33. The third-order valence-electron chi connectivity index (χ3n) is 1.01. The standard InChI is InChI=1S/C6H9N3/c1-2-3-5-4-6(7)9-8-5/h2,4H,1,3H2,(H3,7,8,9). The Hall–Kier alpha value is -1.25. The van der Waals surface area contributed by atoms with Crippen LogP contribution in [-0.4, -0.2) is 10.2 Å². The summed E-state index contributed by atoms with van der Waals surface area (Å²) in [7, 11) is 0. The number of hydrogen-bond acceptors (Lipinski definition) is 2. The van der Waals surface area contributed by atoms with Crippen molar-refractivity contribution >= 4 is 5.82 Å². The van der Waals surface area contributed by atoms with Gasteiger partial charge in [0, 0.05) is 18.2 Å². The van der Waals surface area contributed by atoms with Crippen molar-refractivity contribution in [3.63, 3.8) is 0 Å². The van der Waals surface area contributed by atoms with E-state index in [1.807, 2.05) is 0 Å². The molecule has 0 aliphatic carbocycles. The van der Waals surface area contributed by atoms with Gasteiger partial charge in [-0.3, -0.25) is 5.10 Å².